The van der Waals surface area contributed by atoms with Crippen molar-refractivity contribution in [3.05, 3.63) is 30.1 Å². The fourth-order valence-electron chi connectivity index (χ4n) is 3.64. The van der Waals surface area contributed by atoms with Crippen LogP contribution in [0.1, 0.15) is 38.8 Å². The fraction of sp³-hybridized carbons (Fsp3) is 0.722. The van der Waals surface area contributed by atoms with Crippen LogP contribution in [0.3, 0.4) is 0 Å². The maximum atomic E-state index is 10.5. The molecule has 1 aliphatic rings. The Kier molecular flexibility index (Phi) is 6.96. The minimum atomic E-state index is -0.353. The summed E-state index contributed by atoms with van der Waals surface area (Å²) in [6.07, 6.45) is 4.80. The number of rotatable bonds is 7. The molecule has 1 aliphatic heterocycles. The van der Waals surface area contributed by atoms with Crippen LogP contribution in [0.25, 0.3) is 0 Å². The number of aromatic nitrogens is 1. The van der Waals surface area contributed by atoms with Crippen molar-refractivity contribution in [1.29, 1.82) is 0 Å². The van der Waals surface area contributed by atoms with E-state index in [1.54, 1.807) is 0 Å². The summed E-state index contributed by atoms with van der Waals surface area (Å²) in [5, 5.41) is 10.5. The molecule has 1 saturated heterocycles. The second-order valence-electron chi connectivity index (χ2n) is 6.77. The Labute approximate surface area is 140 Å². The zero-order valence-corrected chi connectivity index (χ0v) is 14.9. The van der Waals surface area contributed by atoms with Gasteiger partial charge in [-0.25, -0.2) is 0 Å². The number of β-amino-alcohol motifs (C(OH)–C–C–N with tert-alkyl or cyclic N) is 1. The number of likely N-dealkylation sites (N-methyl/N-ethyl adjacent to an activating group) is 1. The molecule has 5 heteroatoms. The van der Waals surface area contributed by atoms with E-state index in [4.69, 9.17) is 4.74 Å². The van der Waals surface area contributed by atoms with Crippen LogP contribution in [0.15, 0.2) is 24.5 Å². The minimum Gasteiger partial charge on any atom is -0.390 e. The second kappa shape index (κ2) is 8.73. The molecule has 0 spiro atoms. The molecule has 0 amide bonds. The molecule has 0 bridgehead atoms. The molecule has 1 N–H and O–H groups in total. The summed E-state index contributed by atoms with van der Waals surface area (Å²) < 4.78 is 5.75. The number of aliphatic hydroxyl groups is 1. The van der Waals surface area contributed by atoms with E-state index in [-0.39, 0.29) is 18.3 Å². The van der Waals surface area contributed by atoms with Gasteiger partial charge in [0.2, 0.25) is 0 Å². The topological polar surface area (TPSA) is 48.8 Å². The van der Waals surface area contributed by atoms with Crippen LogP contribution < -0.4 is 0 Å². The number of nitrogens with zero attached hydrogens (tertiary/aromatic N) is 3. The highest BCUT2D eigenvalue weighted by atomic mass is 16.5. The van der Waals surface area contributed by atoms with Crippen molar-refractivity contribution in [2.24, 2.45) is 0 Å². The molecular weight excluding hydrogens is 290 g/mol. The molecule has 1 aromatic rings. The first-order valence-electron chi connectivity index (χ1n) is 8.65. The highest BCUT2D eigenvalue weighted by molar-refractivity contribution is 5.14. The maximum Gasteiger partial charge on any atom is 0.0793 e. The molecule has 2 heterocycles. The Morgan fingerprint density at radius 2 is 1.91 bits per heavy atom. The molecule has 130 valence electrons. The number of hydrogen-bond donors (Lipinski definition) is 1. The molecule has 1 fully saturated rings. The average molecular weight is 321 g/mol. The largest absolute Gasteiger partial charge is 0.390 e. The van der Waals surface area contributed by atoms with Crippen molar-refractivity contribution in [1.82, 2.24) is 14.8 Å². The van der Waals surface area contributed by atoms with Crippen molar-refractivity contribution in [3.8, 4) is 0 Å². The Bertz CT molecular complexity index is 447. The quantitative estimate of drug-likeness (QED) is 0.832. The number of morpholine rings is 1. The highest BCUT2D eigenvalue weighted by Crippen LogP contribution is 2.22. The first-order chi connectivity index (χ1) is 11.0. The Balaban J connectivity index is 1.87. The maximum absolute atomic E-state index is 10.5. The minimum absolute atomic E-state index is 0.240. The van der Waals surface area contributed by atoms with E-state index < -0.39 is 0 Å². The summed E-state index contributed by atoms with van der Waals surface area (Å²) in [7, 11) is 2.09. The lowest BCUT2D eigenvalue weighted by molar-refractivity contribution is -0.0782. The molecule has 23 heavy (non-hydrogen) atoms. The van der Waals surface area contributed by atoms with E-state index >= 15 is 0 Å². The lowest BCUT2D eigenvalue weighted by Gasteiger charge is -2.37. The second-order valence-corrected chi connectivity index (χ2v) is 6.77. The SMILES string of the molecule is CCC(c1ccncc1)N(C)CC(O)CN1CC(C)OC(C)C1. The van der Waals surface area contributed by atoms with Crippen molar-refractivity contribution in [2.45, 2.75) is 51.5 Å². The molecule has 0 aromatic carbocycles. The summed E-state index contributed by atoms with van der Waals surface area (Å²) in [6.45, 7) is 9.53. The molecule has 4 unspecified atom stereocenters. The Hall–Kier alpha value is -1.01. The molecular formula is C18H31N3O2. The van der Waals surface area contributed by atoms with Gasteiger partial charge in [0.15, 0.2) is 0 Å². The number of aliphatic hydroxyl groups excluding tert-OH is 1. The summed E-state index contributed by atoms with van der Waals surface area (Å²) in [6, 6.07) is 4.43. The highest BCUT2D eigenvalue weighted by Gasteiger charge is 2.25. The van der Waals surface area contributed by atoms with Gasteiger partial charge in [-0.3, -0.25) is 14.8 Å². The van der Waals surface area contributed by atoms with E-state index in [0.717, 1.165) is 19.5 Å². The van der Waals surface area contributed by atoms with E-state index in [1.165, 1.54) is 5.56 Å². The third kappa shape index (κ3) is 5.53. The Morgan fingerprint density at radius 3 is 2.48 bits per heavy atom. The van der Waals surface area contributed by atoms with Gasteiger partial charge in [-0.1, -0.05) is 6.92 Å². The van der Waals surface area contributed by atoms with Gasteiger partial charge in [0.1, 0.15) is 0 Å². The Morgan fingerprint density at radius 1 is 1.30 bits per heavy atom. The number of pyridine rings is 1. The van der Waals surface area contributed by atoms with Crippen LogP contribution in [0, 0.1) is 0 Å². The van der Waals surface area contributed by atoms with Gasteiger partial charge in [0.25, 0.3) is 0 Å². The van der Waals surface area contributed by atoms with Crippen LogP contribution in [-0.4, -0.2) is 71.4 Å². The van der Waals surface area contributed by atoms with E-state index in [0.29, 0.717) is 19.1 Å². The molecule has 2 rings (SSSR count). The van der Waals surface area contributed by atoms with Crippen molar-refractivity contribution >= 4 is 0 Å². The monoisotopic (exact) mass is 321 g/mol. The predicted molar refractivity (Wildman–Crippen MR) is 92.4 cm³/mol. The molecule has 0 saturated carbocycles. The summed E-state index contributed by atoms with van der Waals surface area (Å²) >= 11 is 0. The van der Waals surface area contributed by atoms with Gasteiger partial charge in [-0.05, 0) is 45.0 Å². The average Bonchev–Trinajstić information content (AvgIpc) is 2.47. The molecule has 4 atom stereocenters. The van der Waals surface area contributed by atoms with Gasteiger partial charge >= 0.3 is 0 Å². The van der Waals surface area contributed by atoms with E-state index in [1.807, 2.05) is 12.4 Å². The smallest absolute Gasteiger partial charge is 0.0793 e. The predicted octanol–water partition coefficient (Wildman–Crippen LogP) is 1.93. The van der Waals surface area contributed by atoms with Crippen LogP contribution in [0.5, 0.6) is 0 Å². The van der Waals surface area contributed by atoms with E-state index in [9.17, 15) is 5.11 Å². The molecule has 5 nitrogen and oxygen atoms in total. The number of hydrogen-bond acceptors (Lipinski definition) is 5. The third-order valence-corrected chi connectivity index (χ3v) is 4.47. The van der Waals surface area contributed by atoms with Gasteiger partial charge in [0, 0.05) is 44.6 Å². The molecule has 0 aliphatic carbocycles. The number of ether oxygens (including phenoxy) is 1. The standard InChI is InChI=1S/C18H31N3O2/c1-5-18(16-6-8-19-9-7-16)20(4)12-17(22)13-21-10-14(2)23-15(3)11-21/h6-9,14-15,17-18,22H,5,10-13H2,1-4H3. The first kappa shape index (κ1) is 18.3. The van der Waals surface area contributed by atoms with Crippen molar-refractivity contribution < 1.29 is 9.84 Å². The van der Waals surface area contributed by atoms with Crippen molar-refractivity contribution in [2.75, 3.05) is 33.2 Å². The first-order valence-corrected chi connectivity index (χ1v) is 8.65. The fourth-order valence-corrected chi connectivity index (χ4v) is 3.64. The zero-order valence-electron chi connectivity index (χ0n) is 14.9. The third-order valence-electron chi connectivity index (χ3n) is 4.47. The normalized spacial score (nSPS) is 25.5. The zero-order chi connectivity index (χ0) is 16.8. The van der Waals surface area contributed by atoms with E-state index in [2.05, 4.69) is 54.7 Å². The summed E-state index contributed by atoms with van der Waals surface area (Å²) in [4.78, 5) is 8.64. The van der Waals surface area contributed by atoms with Crippen LogP contribution in [0.4, 0.5) is 0 Å². The lowest BCUT2D eigenvalue weighted by atomic mass is 10.0. The van der Waals surface area contributed by atoms with Gasteiger partial charge < -0.3 is 9.84 Å². The molecule has 0 radical (unpaired) electrons. The van der Waals surface area contributed by atoms with Gasteiger partial charge in [-0.15, -0.1) is 0 Å². The van der Waals surface area contributed by atoms with Crippen LogP contribution in [-0.2, 0) is 4.74 Å². The van der Waals surface area contributed by atoms with Gasteiger partial charge in [0.05, 0.1) is 18.3 Å². The lowest BCUT2D eigenvalue weighted by Crippen LogP contribution is -2.49. The van der Waals surface area contributed by atoms with Crippen LogP contribution >= 0.6 is 0 Å². The van der Waals surface area contributed by atoms with Crippen LogP contribution in [0.2, 0.25) is 0 Å². The summed E-state index contributed by atoms with van der Waals surface area (Å²) in [5.74, 6) is 0. The van der Waals surface area contributed by atoms with Gasteiger partial charge in [-0.2, -0.15) is 0 Å². The molecule has 1 aromatic heterocycles. The van der Waals surface area contributed by atoms with Crippen molar-refractivity contribution in [3.63, 3.8) is 0 Å². The summed E-state index contributed by atoms with van der Waals surface area (Å²) in [5.41, 5.74) is 1.26.